The molecule has 0 aromatic heterocycles. The maximum absolute atomic E-state index is 13.5. The van der Waals surface area contributed by atoms with E-state index in [4.69, 9.17) is 0 Å². The van der Waals surface area contributed by atoms with Crippen molar-refractivity contribution in [3.8, 4) is 0 Å². The van der Waals surface area contributed by atoms with E-state index in [0.717, 1.165) is 25.7 Å². The van der Waals surface area contributed by atoms with Crippen molar-refractivity contribution in [2.24, 2.45) is 23.7 Å². The molecule has 3 N–H and O–H groups in total. The molecule has 1 saturated heterocycles. The molecule has 0 unspecified atom stereocenters. The van der Waals surface area contributed by atoms with Crippen molar-refractivity contribution in [1.82, 2.24) is 15.5 Å². The van der Waals surface area contributed by atoms with Crippen LogP contribution >= 0.6 is 0 Å². The number of allylic oxidation sites excluding steroid dienone is 1. The summed E-state index contributed by atoms with van der Waals surface area (Å²) in [5, 5.41) is 15.6. The SMILES string of the molecule is CCCCNC(=O)[C@@H]1[C@H]2C=C[C@@H](CCC)[C@@H](C(=O)NC)[C@H]2C(=O)N1[C@@H](CC)CO. The maximum atomic E-state index is 13.5. The highest BCUT2D eigenvalue weighted by atomic mass is 16.3. The molecule has 1 aliphatic carbocycles. The molecule has 2 aliphatic rings. The van der Waals surface area contributed by atoms with Gasteiger partial charge in [-0.25, -0.2) is 0 Å². The summed E-state index contributed by atoms with van der Waals surface area (Å²) in [6, 6.07) is -1.12. The summed E-state index contributed by atoms with van der Waals surface area (Å²) in [5.74, 6) is -1.98. The third-order valence-corrected chi connectivity index (χ3v) is 6.39. The minimum atomic E-state index is -0.688. The van der Waals surface area contributed by atoms with Crippen molar-refractivity contribution in [1.29, 1.82) is 0 Å². The van der Waals surface area contributed by atoms with Crippen LogP contribution in [-0.2, 0) is 14.4 Å². The number of fused-ring (bicyclic) bond motifs is 1. The zero-order valence-electron chi connectivity index (χ0n) is 18.2. The summed E-state index contributed by atoms with van der Waals surface area (Å²) >= 11 is 0. The standard InChI is InChI=1S/C22H37N3O4/c1-5-8-12-24-21(28)19-16-11-10-14(9-6-2)17(20(27)23-4)18(16)22(29)25(19)15(7-3)13-26/h10-11,14-19,26H,5-9,12-13H2,1-4H3,(H,23,27)(H,24,28)/t14-,15+,16+,17-,18+,19+/m1/s1. The average Bonchev–Trinajstić information content (AvgIpc) is 3.01. The number of unbranched alkanes of at least 4 members (excludes halogenated alkanes) is 1. The molecule has 7 nitrogen and oxygen atoms in total. The Morgan fingerprint density at radius 1 is 1.17 bits per heavy atom. The van der Waals surface area contributed by atoms with E-state index >= 15 is 0 Å². The summed E-state index contributed by atoms with van der Waals surface area (Å²) in [6.07, 6.45) is 8.10. The van der Waals surface area contributed by atoms with Gasteiger partial charge in [0, 0.05) is 19.5 Å². The van der Waals surface area contributed by atoms with Crippen LogP contribution in [0.2, 0.25) is 0 Å². The molecule has 29 heavy (non-hydrogen) atoms. The molecule has 0 aromatic rings. The normalized spacial score (nSPS) is 29.5. The van der Waals surface area contributed by atoms with E-state index in [0.29, 0.717) is 13.0 Å². The van der Waals surface area contributed by atoms with Gasteiger partial charge in [0.1, 0.15) is 6.04 Å². The minimum Gasteiger partial charge on any atom is -0.394 e. The van der Waals surface area contributed by atoms with Crippen molar-refractivity contribution in [2.45, 2.75) is 65.0 Å². The van der Waals surface area contributed by atoms with Gasteiger partial charge in [0.25, 0.3) is 0 Å². The third-order valence-electron chi connectivity index (χ3n) is 6.39. The van der Waals surface area contributed by atoms with E-state index < -0.39 is 23.9 Å². The van der Waals surface area contributed by atoms with Crippen molar-refractivity contribution in [3.05, 3.63) is 12.2 Å². The van der Waals surface area contributed by atoms with Crippen LogP contribution in [-0.4, -0.2) is 60.0 Å². The number of carbonyl (C=O) groups excluding carboxylic acids is 3. The number of nitrogens with one attached hydrogen (secondary N) is 2. The number of aliphatic hydroxyl groups excluding tert-OH is 1. The first-order valence-corrected chi connectivity index (χ1v) is 11.1. The zero-order chi connectivity index (χ0) is 21.6. The Kier molecular flexibility index (Phi) is 8.68. The number of aliphatic hydroxyl groups is 1. The lowest BCUT2D eigenvalue weighted by Gasteiger charge is -2.34. The molecule has 7 heteroatoms. The van der Waals surface area contributed by atoms with Gasteiger partial charge in [-0.05, 0) is 25.2 Å². The molecule has 0 saturated carbocycles. The van der Waals surface area contributed by atoms with Gasteiger partial charge in [-0.2, -0.15) is 0 Å². The molecule has 3 amide bonds. The van der Waals surface area contributed by atoms with Crippen LogP contribution < -0.4 is 10.6 Å². The smallest absolute Gasteiger partial charge is 0.243 e. The second kappa shape index (κ2) is 10.8. The van der Waals surface area contributed by atoms with E-state index in [1.54, 1.807) is 11.9 Å². The van der Waals surface area contributed by atoms with Crippen LogP contribution in [0.15, 0.2) is 12.2 Å². The first-order chi connectivity index (χ1) is 14.0. The van der Waals surface area contributed by atoms with Crippen LogP contribution in [0.25, 0.3) is 0 Å². The summed E-state index contributed by atoms with van der Waals surface area (Å²) in [7, 11) is 1.59. The summed E-state index contributed by atoms with van der Waals surface area (Å²) < 4.78 is 0. The first kappa shape index (κ1) is 23.4. The lowest BCUT2D eigenvalue weighted by Crippen LogP contribution is -2.52. The lowest BCUT2D eigenvalue weighted by atomic mass is 9.68. The van der Waals surface area contributed by atoms with Gasteiger partial charge >= 0.3 is 0 Å². The van der Waals surface area contributed by atoms with Crippen LogP contribution in [0, 0.1) is 23.7 Å². The van der Waals surface area contributed by atoms with E-state index in [9.17, 15) is 19.5 Å². The highest BCUT2D eigenvalue weighted by Gasteiger charge is 2.58. The Balaban J connectivity index is 2.45. The number of carbonyl (C=O) groups is 3. The summed E-state index contributed by atoms with van der Waals surface area (Å²) in [6.45, 7) is 6.37. The predicted molar refractivity (Wildman–Crippen MR) is 112 cm³/mol. The van der Waals surface area contributed by atoms with E-state index in [2.05, 4.69) is 24.5 Å². The molecule has 2 rings (SSSR count). The molecule has 6 atom stereocenters. The molecule has 1 aliphatic heterocycles. The highest BCUT2D eigenvalue weighted by Crippen LogP contribution is 2.46. The van der Waals surface area contributed by atoms with Gasteiger partial charge in [-0.3, -0.25) is 14.4 Å². The van der Waals surface area contributed by atoms with E-state index in [1.165, 1.54) is 0 Å². The minimum absolute atomic E-state index is 0.0249. The topological polar surface area (TPSA) is 98.7 Å². The zero-order valence-corrected chi connectivity index (χ0v) is 18.2. The number of amides is 3. The van der Waals surface area contributed by atoms with Gasteiger partial charge < -0.3 is 20.6 Å². The summed E-state index contributed by atoms with van der Waals surface area (Å²) in [4.78, 5) is 41.0. The summed E-state index contributed by atoms with van der Waals surface area (Å²) in [5.41, 5.74) is 0. The molecule has 0 spiro atoms. The number of rotatable bonds is 10. The highest BCUT2D eigenvalue weighted by molar-refractivity contribution is 5.97. The van der Waals surface area contributed by atoms with Crippen LogP contribution in [0.5, 0.6) is 0 Å². The van der Waals surface area contributed by atoms with Crippen LogP contribution in [0.3, 0.4) is 0 Å². The molecule has 0 radical (unpaired) electrons. The van der Waals surface area contributed by atoms with Crippen molar-refractivity contribution in [3.63, 3.8) is 0 Å². The quantitative estimate of drug-likeness (QED) is 0.377. The second-order valence-electron chi connectivity index (χ2n) is 8.16. The van der Waals surface area contributed by atoms with Gasteiger partial charge in [-0.1, -0.05) is 45.8 Å². The number of nitrogens with zero attached hydrogens (tertiary/aromatic N) is 1. The Morgan fingerprint density at radius 3 is 2.45 bits per heavy atom. The average molecular weight is 408 g/mol. The Hall–Kier alpha value is -1.89. The first-order valence-electron chi connectivity index (χ1n) is 11.1. The predicted octanol–water partition coefficient (Wildman–Crippen LogP) is 1.47. The van der Waals surface area contributed by atoms with E-state index in [-0.39, 0.29) is 36.2 Å². The molecule has 1 fully saturated rings. The number of hydrogen-bond acceptors (Lipinski definition) is 4. The molecule has 0 bridgehead atoms. The molecular weight excluding hydrogens is 370 g/mol. The van der Waals surface area contributed by atoms with Gasteiger partial charge in [-0.15, -0.1) is 0 Å². The largest absolute Gasteiger partial charge is 0.394 e. The van der Waals surface area contributed by atoms with Crippen molar-refractivity contribution in [2.75, 3.05) is 20.2 Å². The molecule has 164 valence electrons. The monoisotopic (exact) mass is 407 g/mol. The third kappa shape index (κ3) is 4.65. The molecule has 1 heterocycles. The van der Waals surface area contributed by atoms with Crippen LogP contribution in [0.1, 0.15) is 52.9 Å². The Morgan fingerprint density at radius 2 is 1.90 bits per heavy atom. The van der Waals surface area contributed by atoms with Crippen molar-refractivity contribution >= 4 is 17.7 Å². The second-order valence-corrected chi connectivity index (χ2v) is 8.16. The maximum Gasteiger partial charge on any atom is 0.243 e. The van der Waals surface area contributed by atoms with Gasteiger partial charge in [0.2, 0.25) is 17.7 Å². The van der Waals surface area contributed by atoms with Crippen LogP contribution in [0.4, 0.5) is 0 Å². The fourth-order valence-corrected chi connectivity index (χ4v) is 4.88. The number of likely N-dealkylation sites (tertiary alicyclic amines) is 1. The van der Waals surface area contributed by atoms with Gasteiger partial charge in [0.05, 0.1) is 24.5 Å². The van der Waals surface area contributed by atoms with Gasteiger partial charge in [0.15, 0.2) is 0 Å². The van der Waals surface area contributed by atoms with E-state index in [1.807, 2.05) is 19.1 Å². The lowest BCUT2D eigenvalue weighted by molar-refractivity contribution is -0.143. The molecule has 0 aromatic carbocycles. The fourth-order valence-electron chi connectivity index (χ4n) is 4.88. The van der Waals surface area contributed by atoms with Crippen molar-refractivity contribution < 1.29 is 19.5 Å². The Bertz CT molecular complexity index is 617. The Labute approximate surface area is 174 Å². The fraction of sp³-hybridized carbons (Fsp3) is 0.773. The molecular formula is C22H37N3O4. The number of hydrogen-bond donors (Lipinski definition) is 3.